The van der Waals surface area contributed by atoms with Crippen LogP contribution in [0.5, 0.6) is 5.75 Å². The molecule has 1 heterocycles. The second kappa shape index (κ2) is 9.83. The van der Waals surface area contributed by atoms with Gasteiger partial charge in [0, 0.05) is 38.0 Å². The van der Waals surface area contributed by atoms with E-state index < -0.39 is 0 Å². The van der Waals surface area contributed by atoms with Crippen LogP contribution in [0.15, 0.2) is 67.0 Å². The van der Waals surface area contributed by atoms with E-state index in [1.807, 2.05) is 61.5 Å². The molecule has 2 aromatic carbocycles. The van der Waals surface area contributed by atoms with Crippen molar-refractivity contribution >= 4 is 17.4 Å². The summed E-state index contributed by atoms with van der Waals surface area (Å²) in [5.41, 5.74) is 4.40. The van der Waals surface area contributed by atoms with E-state index in [2.05, 4.69) is 4.98 Å². The number of carbonyl (C=O) groups excluding carboxylic acids is 2. The smallest absolute Gasteiger partial charge is 0.226 e. The third-order valence-corrected chi connectivity index (χ3v) is 5.13. The first-order chi connectivity index (χ1) is 14.5. The summed E-state index contributed by atoms with van der Waals surface area (Å²) in [5.74, 6) is 0.668. The van der Waals surface area contributed by atoms with Crippen molar-refractivity contribution in [1.82, 2.24) is 4.98 Å². The van der Waals surface area contributed by atoms with Crippen molar-refractivity contribution in [1.29, 1.82) is 0 Å². The Morgan fingerprint density at radius 2 is 1.77 bits per heavy atom. The fourth-order valence-corrected chi connectivity index (χ4v) is 3.30. The van der Waals surface area contributed by atoms with Crippen molar-refractivity contribution < 1.29 is 14.3 Å². The molecule has 30 heavy (non-hydrogen) atoms. The first-order valence-corrected chi connectivity index (χ1v) is 10.0. The fraction of sp³-hybridized carbons (Fsp3) is 0.240. The number of methoxy groups -OCH3 is 1. The lowest BCUT2D eigenvalue weighted by Crippen LogP contribution is -2.24. The van der Waals surface area contributed by atoms with Crippen molar-refractivity contribution in [2.24, 2.45) is 0 Å². The minimum absolute atomic E-state index is 0.0392. The number of ketones is 1. The third-order valence-electron chi connectivity index (χ3n) is 5.13. The van der Waals surface area contributed by atoms with Crippen LogP contribution in [0.1, 0.15) is 35.7 Å². The zero-order chi connectivity index (χ0) is 21.5. The number of pyridine rings is 1. The van der Waals surface area contributed by atoms with Crippen LogP contribution in [0.2, 0.25) is 0 Å². The van der Waals surface area contributed by atoms with Crippen LogP contribution in [-0.2, 0) is 11.2 Å². The van der Waals surface area contributed by atoms with Gasteiger partial charge in [-0.05, 0) is 53.4 Å². The van der Waals surface area contributed by atoms with Gasteiger partial charge in [0.2, 0.25) is 5.91 Å². The molecule has 5 nitrogen and oxygen atoms in total. The van der Waals surface area contributed by atoms with Gasteiger partial charge in [0.05, 0.1) is 12.7 Å². The van der Waals surface area contributed by atoms with E-state index in [0.29, 0.717) is 30.6 Å². The number of Topliss-reactive ketones (excluding diaryl/α,β-unsaturated/α-hetero) is 1. The minimum Gasteiger partial charge on any atom is -0.496 e. The van der Waals surface area contributed by atoms with E-state index in [1.165, 1.54) is 0 Å². The highest BCUT2D eigenvalue weighted by Crippen LogP contribution is 2.29. The van der Waals surface area contributed by atoms with E-state index >= 15 is 0 Å². The summed E-state index contributed by atoms with van der Waals surface area (Å²) >= 11 is 0. The SMILES string of the molecule is CCC(=O)N(C)c1ccc(-c2ccc(C(=O)CCc3cccnc3)c(OC)c2)cc1. The highest BCUT2D eigenvalue weighted by Gasteiger charge is 2.14. The first kappa shape index (κ1) is 21.2. The maximum atomic E-state index is 12.7. The molecule has 0 atom stereocenters. The Bertz CT molecular complexity index is 1010. The van der Waals surface area contributed by atoms with Gasteiger partial charge >= 0.3 is 0 Å². The molecule has 0 aliphatic heterocycles. The summed E-state index contributed by atoms with van der Waals surface area (Å²) in [4.78, 5) is 30.3. The Labute approximate surface area is 177 Å². The number of hydrogen-bond acceptors (Lipinski definition) is 4. The molecule has 1 aromatic heterocycles. The normalized spacial score (nSPS) is 10.5. The molecule has 0 saturated carbocycles. The number of nitrogens with zero attached hydrogens (tertiary/aromatic N) is 2. The van der Waals surface area contributed by atoms with Crippen molar-refractivity contribution in [2.45, 2.75) is 26.2 Å². The van der Waals surface area contributed by atoms with Gasteiger partial charge in [0.1, 0.15) is 5.75 Å². The fourth-order valence-electron chi connectivity index (χ4n) is 3.30. The van der Waals surface area contributed by atoms with Crippen LogP contribution in [0.4, 0.5) is 5.69 Å². The molecule has 5 heteroatoms. The Morgan fingerprint density at radius 3 is 2.40 bits per heavy atom. The predicted octanol–water partition coefficient (Wildman–Crippen LogP) is 4.95. The van der Waals surface area contributed by atoms with E-state index in [9.17, 15) is 9.59 Å². The van der Waals surface area contributed by atoms with E-state index in [0.717, 1.165) is 22.4 Å². The summed E-state index contributed by atoms with van der Waals surface area (Å²) in [6.07, 6.45) is 5.00. The van der Waals surface area contributed by atoms with Crippen molar-refractivity contribution in [3.63, 3.8) is 0 Å². The average Bonchev–Trinajstić information content (AvgIpc) is 2.81. The molecule has 0 radical (unpaired) electrons. The molecule has 0 N–H and O–H groups in total. The second-order valence-electron chi connectivity index (χ2n) is 7.05. The number of hydrogen-bond donors (Lipinski definition) is 0. The van der Waals surface area contributed by atoms with Gasteiger partial charge < -0.3 is 9.64 Å². The van der Waals surface area contributed by atoms with Gasteiger partial charge in [-0.1, -0.05) is 31.2 Å². The predicted molar refractivity (Wildman–Crippen MR) is 119 cm³/mol. The number of anilines is 1. The molecule has 0 bridgehead atoms. The lowest BCUT2D eigenvalue weighted by molar-refractivity contribution is -0.118. The topological polar surface area (TPSA) is 59.5 Å². The zero-order valence-corrected chi connectivity index (χ0v) is 17.6. The summed E-state index contributed by atoms with van der Waals surface area (Å²) in [6, 6.07) is 17.2. The number of benzene rings is 2. The summed E-state index contributed by atoms with van der Waals surface area (Å²) in [6.45, 7) is 1.85. The Morgan fingerprint density at radius 1 is 1.03 bits per heavy atom. The van der Waals surface area contributed by atoms with Crippen molar-refractivity contribution in [3.05, 3.63) is 78.1 Å². The molecule has 0 spiro atoms. The highest BCUT2D eigenvalue weighted by molar-refractivity contribution is 5.99. The molecule has 0 fully saturated rings. The van der Waals surface area contributed by atoms with Crippen LogP contribution in [0, 0.1) is 0 Å². The van der Waals surface area contributed by atoms with Crippen LogP contribution in [0.3, 0.4) is 0 Å². The van der Waals surface area contributed by atoms with Crippen molar-refractivity contribution in [2.75, 3.05) is 19.1 Å². The molecule has 1 amide bonds. The van der Waals surface area contributed by atoms with E-state index in [1.54, 1.807) is 31.5 Å². The average molecular weight is 402 g/mol. The van der Waals surface area contributed by atoms with Gasteiger partial charge in [-0.25, -0.2) is 0 Å². The molecule has 0 aliphatic rings. The molecule has 154 valence electrons. The van der Waals surface area contributed by atoms with Gasteiger partial charge in [-0.15, -0.1) is 0 Å². The molecule has 0 aliphatic carbocycles. The number of rotatable bonds is 8. The van der Waals surface area contributed by atoms with Crippen LogP contribution >= 0.6 is 0 Å². The standard InChI is InChI=1S/C25H26N2O3/c1-4-25(29)27(2)21-11-8-19(9-12-21)20-10-13-22(24(16-20)30-3)23(28)14-7-18-6-5-15-26-17-18/h5-6,8-13,15-17H,4,7,14H2,1-3H3. The Hall–Kier alpha value is -3.47. The van der Waals surface area contributed by atoms with Crippen LogP contribution in [-0.4, -0.2) is 30.8 Å². The maximum absolute atomic E-state index is 12.7. The number of aromatic nitrogens is 1. The Balaban J connectivity index is 1.76. The lowest BCUT2D eigenvalue weighted by atomic mass is 9.98. The molecular formula is C25H26N2O3. The first-order valence-electron chi connectivity index (χ1n) is 10.0. The van der Waals surface area contributed by atoms with Gasteiger partial charge in [-0.3, -0.25) is 14.6 Å². The molecule has 0 unspecified atom stereocenters. The quantitative estimate of drug-likeness (QED) is 0.501. The monoisotopic (exact) mass is 402 g/mol. The van der Waals surface area contributed by atoms with Gasteiger partial charge in [-0.2, -0.15) is 0 Å². The van der Waals surface area contributed by atoms with E-state index in [4.69, 9.17) is 4.74 Å². The largest absolute Gasteiger partial charge is 0.496 e. The lowest BCUT2D eigenvalue weighted by Gasteiger charge is -2.17. The number of carbonyl (C=O) groups is 2. The zero-order valence-electron chi connectivity index (χ0n) is 17.6. The van der Waals surface area contributed by atoms with Crippen LogP contribution < -0.4 is 9.64 Å². The highest BCUT2D eigenvalue weighted by atomic mass is 16.5. The number of aryl methyl sites for hydroxylation is 1. The van der Waals surface area contributed by atoms with Crippen molar-refractivity contribution in [3.8, 4) is 16.9 Å². The molecule has 3 rings (SSSR count). The minimum atomic E-state index is 0.0392. The summed E-state index contributed by atoms with van der Waals surface area (Å²) < 4.78 is 5.50. The van der Waals surface area contributed by atoms with Crippen LogP contribution in [0.25, 0.3) is 11.1 Å². The molecule has 0 saturated heterocycles. The van der Waals surface area contributed by atoms with Gasteiger partial charge in [0.25, 0.3) is 0 Å². The Kier molecular flexibility index (Phi) is 6.96. The third kappa shape index (κ3) is 4.92. The maximum Gasteiger partial charge on any atom is 0.226 e. The number of amides is 1. The second-order valence-corrected chi connectivity index (χ2v) is 7.05. The van der Waals surface area contributed by atoms with Gasteiger partial charge in [0.15, 0.2) is 5.78 Å². The van der Waals surface area contributed by atoms with E-state index in [-0.39, 0.29) is 11.7 Å². The summed E-state index contributed by atoms with van der Waals surface area (Å²) in [5, 5.41) is 0. The number of ether oxygens (including phenoxy) is 1. The summed E-state index contributed by atoms with van der Waals surface area (Å²) in [7, 11) is 3.35. The molecular weight excluding hydrogens is 376 g/mol. The molecule has 3 aromatic rings.